The van der Waals surface area contributed by atoms with Crippen LogP contribution in [0.4, 0.5) is 0 Å². The molecule has 2 aliphatic rings. The second-order valence-electron chi connectivity index (χ2n) is 8.36. The Morgan fingerprint density at radius 3 is 2.12 bits per heavy atom. The summed E-state index contributed by atoms with van der Waals surface area (Å²) in [6, 6.07) is 15.6. The number of hydrogen-bond acceptors (Lipinski definition) is 5. The molecule has 170 valence electrons. The zero-order valence-corrected chi connectivity index (χ0v) is 19.1. The Morgan fingerprint density at radius 2 is 1.52 bits per heavy atom. The van der Waals surface area contributed by atoms with Crippen molar-refractivity contribution in [1.82, 2.24) is 9.21 Å². The van der Waals surface area contributed by atoms with Gasteiger partial charge < -0.3 is 4.74 Å². The number of piperidine rings is 1. The van der Waals surface area contributed by atoms with Crippen LogP contribution in [0.5, 0.6) is 5.75 Å². The maximum absolute atomic E-state index is 13.3. The summed E-state index contributed by atoms with van der Waals surface area (Å²) in [5.74, 6) is -0.531. The van der Waals surface area contributed by atoms with Crippen molar-refractivity contribution in [2.24, 2.45) is 0 Å². The largest absolute Gasteiger partial charge is 0.495 e. The molecule has 0 bridgehead atoms. The lowest BCUT2D eigenvalue weighted by atomic mass is 9.94. The lowest BCUT2D eigenvalue weighted by Gasteiger charge is -2.28. The molecule has 0 atom stereocenters. The first kappa shape index (κ1) is 21.6. The van der Waals surface area contributed by atoms with Crippen molar-refractivity contribution in [2.75, 3.05) is 20.2 Å². The maximum Gasteiger partial charge on any atom is 0.261 e. The molecule has 1 fully saturated rings. The van der Waals surface area contributed by atoms with Crippen LogP contribution in [0.15, 0.2) is 59.5 Å². The van der Waals surface area contributed by atoms with E-state index >= 15 is 0 Å². The van der Waals surface area contributed by atoms with Gasteiger partial charge in [0.1, 0.15) is 10.6 Å². The average molecular weight is 465 g/mol. The van der Waals surface area contributed by atoms with Gasteiger partial charge in [-0.3, -0.25) is 14.5 Å². The normalized spacial score (nSPS) is 16.9. The fourth-order valence-corrected chi connectivity index (χ4v) is 6.40. The SMILES string of the molecule is COc1ccc(CN2C(=O)c3cccc4cccc(c34)C2=O)cc1S(=O)(=O)N1CCCCC1. The number of carbonyl (C=O) groups is 2. The fourth-order valence-electron chi connectivity index (χ4n) is 4.67. The van der Waals surface area contributed by atoms with Gasteiger partial charge in [-0.15, -0.1) is 0 Å². The van der Waals surface area contributed by atoms with E-state index in [1.54, 1.807) is 36.4 Å². The first-order chi connectivity index (χ1) is 15.9. The van der Waals surface area contributed by atoms with Crippen LogP contribution < -0.4 is 4.74 Å². The van der Waals surface area contributed by atoms with Crippen molar-refractivity contribution in [3.05, 3.63) is 71.3 Å². The number of ether oxygens (including phenoxy) is 1. The van der Waals surface area contributed by atoms with E-state index in [1.165, 1.54) is 22.4 Å². The van der Waals surface area contributed by atoms with Crippen molar-refractivity contribution >= 4 is 32.6 Å². The molecular weight excluding hydrogens is 440 g/mol. The van der Waals surface area contributed by atoms with Crippen LogP contribution in [-0.2, 0) is 16.6 Å². The summed E-state index contributed by atoms with van der Waals surface area (Å²) in [4.78, 5) is 27.7. The molecule has 8 heteroatoms. The molecule has 0 aromatic heterocycles. The molecule has 3 aromatic carbocycles. The zero-order chi connectivity index (χ0) is 23.2. The second kappa shape index (κ2) is 8.28. The quantitative estimate of drug-likeness (QED) is 0.536. The van der Waals surface area contributed by atoms with Gasteiger partial charge in [0.15, 0.2) is 0 Å². The van der Waals surface area contributed by atoms with Gasteiger partial charge in [0.25, 0.3) is 11.8 Å². The third-order valence-electron chi connectivity index (χ3n) is 6.36. The molecule has 0 N–H and O–H groups in total. The molecule has 3 aromatic rings. The summed E-state index contributed by atoms with van der Waals surface area (Å²) in [5, 5.41) is 1.50. The number of carbonyl (C=O) groups excluding carboxylic acids is 2. The van der Waals surface area contributed by atoms with Crippen LogP contribution in [-0.4, -0.2) is 49.6 Å². The molecule has 0 aliphatic carbocycles. The average Bonchev–Trinajstić information content (AvgIpc) is 2.85. The number of benzene rings is 3. The van der Waals surface area contributed by atoms with Crippen LogP contribution in [0, 0.1) is 0 Å². The lowest BCUT2D eigenvalue weighted by molar-refractivity contribution is 0.0598. The molecular formula is C25H24N2O5S. The second-order valence-corrected chi connectivity index (χ2v) is 10.3. The predicted octanol–water partition coefficient (Wildman–Crippen LogP) is 3.82. The molecule has 2 aliphatic heterocycles. The number of amides is 2. The molecule has 1 saturated heterocycles. The molecule has 33 heavy (non-hydrogen) atoms. The summed E-state index contributed by atoms with van der Waals surface area (Å²) >= 11 is 0. The van der Waals surface area contributed by atoms with Crippen LogP contribution >= 0.6 is 0 Å². The van der Waals surface area contributed by atoms with E-state index < -0.39 is 10.0 Å². The predicted molar refractivity (Wildman–Crippen MR) is 124 cm³/mol. The van der Waals surface area contributed by atoms with E-state index in [4.69, 9.17) is 4.74 Å². The van der Waals surface area contributed by atoms with Gasteiger partial charge in [-0.25, -0.2) is 8.42 Å². The summed E-state index contributed by atoms with van der Waals surface area (Å²) in [6.45, 7) is 0.911. The smallest absolute Gasteiger partial charge is 0.261 e. The van der Waals surface area contributed by atoms with E-state index in [1.807, 2.05) is 12.1 Å². The molecule has 0 radical (unpaired) electrons. The van der Waals surface area contributed by atoms with Gasteiger partial charge in [0.05, 0.1) is 13.7 Å². The van der Waals surface area contributed by atoms with Crippen LogP contribution in [0.3, 0.4) is 0 Å². The minimum Gasteiger partial charge on any atom is -0.495 e. The molecule has 2 heterocycles. The molecule has 2 amide bonds. The van der Waals surface area contributed by atoms with Gasteiger partial charge in [0, 0.05) is 29.6 Å². The highest BCUT2D eigenvalue weighted by Crippen LogP contribution is 2.33. The molecule has 0 spiro atoms. The number of hydrogen-bond donors (Lipinski definition) is 0. The summed E-state index contributed by atoms with van der Waals surface area (Å²) in [5.41, 5.74) is 1.48. The van der Waals surface area contributed by atoms with Gasteiger partial charge in [-0.2, -0.15) is 4.31 Å². The Hall–Kier alpha value is -3.23. The first-order valence-electron chi connectivity index (χ1n) is 11.0. The zero-order valence-electron chi connectivity index (χ0n) is 18.3. The third kappa shape index (κ3) is 3.59. The van der Waals surface area contributed by atoms with Crippen molar-refractivity contribution < 1.29 is 22.7 Å². The van der Waals surface area contributed by atoms with Crippen molar-refractivity contribution in [2.45, 2.75) is 30.7 Å². The van der Waals surface area contributed by atoms with Crippen LogP contribution in [0.25, 0.3) is 10.8 Å². The monoisotopic (exact) mass is 464 g/mol. The van der Waals surface area contributed by atoms with Crippen LogP contribution in [0.1, 0.15) is 45.5 Å². The highest BCUT2D eigenvalue weighted by atomic mass is 32.2. The topological polar surface area (TPSA) is 84.0 Å². The Bertz CT molecular complexity index is 1330. The molecule has 7 nitrogen and oxygen atoms in total. The molecule has 0 saturated carbocycles. The van der Waals surface area contributed by atoms with E-state index in [0.29, 0.717) is 35.2 Å². The number of methoxy groups -OCH3 is 1. The minimum absolute atomic E-state index is 0.0328. The number of nitrogens with zero attached hydrogens (tertiary/aromatic N) is 2. The Balaban J connectivity index is 1.52. The number of sulfonamides is 1. The van der Waals surface area contributed by atoms with Crippen molar-refractivity contribution in [3.8, 4) is 5.75 Å². The summed E-state index contributed by atoms with van der Waals surface area (Å²) < 4.78 is 33.5. The van der Waals surface area contributed by atoms with Crippen molar-refractivity contribution in [3.63, 3.8) is 0 Å². The summed E-state index contributed by atoms with van der Waals surface area (Å²) in [7, 11) is -2.33. The molecule has 5 rings (SSSR count). The minimum atomic E-state index is -3.76. The van der Waals surface area contributed by atoms with Gasteiger partial charge in [0.2, 0.25) is 10.0 Å². The first-order valence-corrected chi connectivity index (χ1v) is 12.4. The standard InChI is InChI=1S/C25H24N2O5S/c1-32-21-12-11-17(15-22(21)33(30,31)26-13-3-2-4-14-26)16-27-24(28)19-9-5-7-18-8-6-10-20(23(18)19)25(27)29/h5-12,15H,2-4,13-14,16H2,1H3. The fraction of sp³-hybridized carbons (Fsp3) is 0.280. The number of imide groups is 1. The number of rotatable bonds is 5. The van der Waals surface area contributed by atoms with Gasteiger partial charge in [-0.1, -0.05) is 36.8 Å². The van der Waals surface area contributed by atoms with E-state index in [2.05, 4.69) is 0 Å². The van der Waals surface area contributed by atoms with E-state index in [0.717, 1.165) is 24.6 Å². The van der Waals surface area contributed by atoms with Crippen LogP contribution in [0.2, 0.25) is 0 Å². The van der Waals surface area contributed by atoms with E-state index in [-0.39, 0.29) is 29.0 Å². The van der Waals surface area contributed by atoms with Gasteiger partial charge in [-0.05, 0) is 48.1 Å². The highest BCUT2D eigenvalue weighted by molar-refractivity contribution is 7.89. The Kier molecular flexibility index (Phi) is 5.42. The molecule has 0 unspecified atom stereocenters. The summed E-state index contributed by atoms with van der Waals surface area (Å²) in [6.07, 6.45) is 2.66. The van der Waals surface area contributed by atoms with Crippen molar-refractivity contribution in [1.29, 1.82) is 0 Å². The van der Waals surface area contributed by atoms with E-state index in [9.17, 15) is 18.0 Å². The maximum atomic E-state index is 13.3. The van der Waals surface area contributed by atoms with Gasteiger partial charge >= 0.3 is 0 Å². The Labute approximate surface area is 192 Å². The lowest BCUT2D eigenvalue weighted by Crippen LogP contribution is -2.39. The third-order valence-corrected chi connectivity index (χ3v) is 8.28. The highest BCUT2D eigenvalue weighted by Gasteiger charge is 2.34. The Morgan fingerprint density at radius 1 is 0.879 bits per heavy atom.